The summed E-state index contributed by atoms with van der Waals surface area (Å²) in [5.41, 5.74) is 6.83. The Labute approximate surface area is 112 Å². The molecule has 4 nitrogen and oxygen atoms in total. The number of hydrogen-bond donors (Lipinski definition) is 1. The lowest BCUT2D eigenvalue weighted by atomic mass is 9.93. The van der Waals surface area contributed by atoms with Crippen LogP contribution in [0.15, 0.2) is 18.3 Å². The van der Waals surface area contributed by atoms with Gasteiger partial charge in [0.25, 0.3) is 5.91 Å². The van der Waals surface area contributed by atoms with Crippen LogP contribution in [0.5, 0.6) is 0 Å². The fourth-order valence-electron chi connectivity index (χ4n) is 2.11. The number of rotatable bonds is 2. The van der Waals surface area contributed by atoms with Gasteiger partial charge in [-0.2, -0.15) is 0 Å². The minimum Gasteiger partial charge on any atom is -0.389 e. The number of thiocarbonyl (C=S) groups is 1. The molecule has 96 valence electrons. The third kappa shape index (κ3) is 2.67. The van der Waals surface area contributed by atoms with E-state index in [0.717, 1.165) is 19.5 Å². The van der Waals surface area contributed by atoms with Crippen LogP contribution in [0, 0.1) is 5.41 Å². The van der Waals surface area contributed by atoms with Crippen molar-refractivity contribution in [1.29, 1.82) is 0 Å². The van der Waals surface area contributed by atoms with Crippen LogP contribution in [0.25, 0.3) is 0 Å². The molecule has 0 spiro atoms. The first-order valence-electron chi connectivity index (χ1n) is 5.94. The average Bonchev–Trinajstić information content (AvgIpc) is 2.69. The van der Waals surface area contributed by atoms with Crippen LogP contribution in [0.2, 0.25) is 0 Å². The lowest BCUT2D eigenvalue weighted by molar-refractivity contribution is 0.0772. The Morgan fingerprint density at radius 1 is 1.50 bits per heavy atom. The van der Waals surface area contributed by atoms with Crippen molar-refractivity contribution < 1.29 is 4.79 Å². The number of hydrogen-bond acceptors (Lipinski definition) is 3. The molecule has 1 fully saturated rings. The van der Waals surface area contributed by atoms with Gasteiger partial charge in [-0.25, -0.2) is 0 Å². The quantitative estimate of drug-likeness (QED) is 0.823. The summed E-state index contributed by atoms with van der Waals surface area (Å²) in [4.78, 5) is 18.5. The Balaban J connectivity index is 2.12. The molecule has 0 saturated carbocycles. The van der Waals surface area contributed by atoms with Crippen molar-refractivity contribution in [3.63, 3.8) is 0 Å². The first-order valence-corrected chi connectivity index (χ1v) is 6.35. The molecular weight excluding hydrogens is 246 g/mol. The summed E-state index contributed by atoms with van der Waals surface area (Å²) in [6, 6.07) is 3.42. The van der Waals surface area contributed by atoms with Gasteiger partial charge in [-0.15, -0.1) is 0 Å². The van der Waals surface area contributed by atoms with Gasteiger partial charge in [0.1, 0.15) is 10.7 Å². The van der Waals surface area contributed by atoms with Gasteiger partial charge in [0.2, 0.25) is 0 Å². The molecule has 2 N–H and O–H groups in total. The van der Waals surface area contributed by atoms with Gasteiger partial charge in [-0.1, -0.05) is 26.1 Å². The number of pyridine rings is 1. The number of likely N-dealkylation sites (tertiary alicyclic amines) is 1. The molecule has 18 heavy (non-hydrogen) atoms. The van der Waals surface area contributed by atoms with Crippen molar-refractivity contribution in [3.8, 4) is 0 Å². The zero-order chi connectivity index (χ0) is 13.3. The van der Waals surface area contributed by atoms with Crippen LogP contribution in [0.3, 0.4) is 0 Å². The van der Waals surface area contributed by atoms with E-state index in [4.69, 9.17) is 18.0 Å². The summed E-state index contributed by atoms with van der Waals surface area (Å²) in [5.74, 6) is -0.0185. The Kier molecular flexibility index (Phi) is 3.34. The van der Waals surface area contributed by atoms with E-state index < -0.39 is 0 Å². The zero-order valence-corrected chi connectivity index (χ0v) is 11.5. The van der Waals surface area contributed by atoms with Crippen molar-refractivity contribution in [2.75, 3.05) is 13.1 Å². The Bertz CT molecular complexity index is 482. The van der Waals surface area contributed by atoms with Crippen molar-refractivity contribution in [3.05, 3.63) is 29.6 Å². The van der Waals surface area contributed by atoms with E-state index >= 15 is 0 Å². The van der Waals surface area contributed by atoms with E-state index in [9.17, 15) is 4.79 Å². The number of amides is 1. The second-order valence-corrected chi connectivity index (χ2v) is 5.88. The number of carbonyl (C=O) groups excluding carboxylic acids is 1. The summed E-state index contributed by atoms with van der Waals surface area (Å²) in [6.45, 7) is 5.92. The molecule has 0 unspecified atom stereocenters. The fourth-order valence-corrected chi connectivity index (χ4v) is 2.23. The SMILES string of the molecule is CC1(C)CCN(C(=O)c2ccc(C(N)=S)cn2)C1. The highest BCUT2D eigenvalue weighted by Crippen LogP contribution is 2.29. The normalized spacial score (nSPS) is 17.8. The minimum absolute atomic E-state index is 0.0185. The third-order valence-corrected chi connectivity index (χ3v) is 3.47. The standard InChI is InChI=1S/C13H17N3OS/c1-13(2)5-6-16(8-13)12(17)10-4-3-9(7-15-10)11(14)18/h3-4,7H,5-6,8H2,1-2H3,(H2,14,18). The number of nitrogens with zero attached hydrogens (tertiary/aromatic N) is 2. The Hall–Kier alpha value is -1.49. The molecule has 0 aromatic carbocycles. The van der Waals surface area contributed by atoms with Gasteiger partial charge in [0.05, 0.1) is 0 Å². The molecule has 0 aliphatic carbocycles. The van der Waals surface area contributed by atoms with E-state index in [2.05, 4.69) is 18.8 Å². The highest BCUT2D eigenvalue weighted by molar-refractivity contribution is 7.80. The second-order valence-electron chi connectivity index (χ2n) is 5.44. The molecular formula is C13H17N3OS. The van der Waals surface area contributed by atoms with Gasteiger partial charge < -0.3 is 10.6 Å². The highest BCUT2D eigenvalue weighted by Gasteiger charge is 2.32. The third-order valence-electron chi connectivity index (χ3n) is 3.23. The van der Waals surface area contributed by atoms with Gasteiger partial charge >= 0.3 is 0 Å². The molecule has 2 heterocycles. The Morgan fingerprint density at radius 3 is 2.67 bits per heavy atom. The molecule has 1 aromatic rings. The molecule has 1 amide bonds. The maximum Gasteiger partial charge on any atom is 0.272 e. The molecule has 1 aliphatic heterocycles. The van der Waals surface area contributed by atoms with E-state index in [1.807, 2.05) is 4.90 Å². The van der Waals surface area contributed by atoms with Crippen molar-refractivity contribution in [2.24, 2.45) is 11.1 Å². The topological polar surface area (TPSA) is 59.2 Å². The summed E-state index contributed by atoms with van der Waals surface area (Å²) in [7, 11) is 0. The lowest BCUT2D eigenvalue weighted by Gasteiger charge is -2.19. The van der Waals surface area contributed by atoms with Crippen molar-refractivity contribution in [1.82, 2.24) is 9.88 Å². The lowest BCUT2D eigenvalue weighted by Crippen LogP contribution is -2.30. The summed E-state index contributed by atoms with van der Waals surface area (Å²) in [5, 5.41) is 0. The van der Waals surface area contributed by atoms with E-state index in [-0.39, 0.29) is 11.3 Å². The second kappa shape index (κ2) is 4.65. The maximum atomic E-state index is 12.2. The van der Waals surface area contributed by atoms with E-state index in [1.54, 1.807) is 18.3 Å². The molecule has 1 saturated heterocycles. The van der Waals surface area contributed by atoms with Crippen LogP contribution in [-0.2, 0) is 0 Å². The molecule has 0 radical (unpaired) electrons. The average molecular weight is 263 g/mol. The number of carbonyl (C=O) groups is 1. The molecule has 1 aliphatic rings. The number of aromatic nitrogens is 1. The largest absolute Gasteiger partial charge is 0.389 e. The first kappa shape index (κ1) is 13.0. The Morgan fingerprint density at radius 2 is 2.22 bits per heavy atom. The van der Waals surface area contributed by atoms with Crippen LogP contribution < -0.4 is 5.73 Å². The fraction of sp³-hybridized carbons (Fsp3) is 0.462. The monoisotopic (exact) mass is 263 g/mol. The highest BCUT2D eigenvalue weighted by atomic mass is 32.1. The summed E-state index contributed by atoms with van der Waals surface area (Å²) < 4.78 is 0. The molecule has 5 heteroatoms. The van der Waals surface area contributed by atoms with E-state index in [0.29, 0.717) is 16.2 Å². The van der Waals surface area contributed by atoms with Gasteiger partial charge in [-0.05, 0) is 24.0 Å². The minimum atomic E-state index is -0.0185. The molecule has 0 bridgehead atoms. The molecule has 2 rings (SSSR count). The predicted octanol–water partition coefficient (Wildman–Crippen LogP) is 1.59. The summed E-state index contributed by atoms with van der Waals surface area (Å²) >= 11 is 4.85. The first-order chi connectivity index (χ1) is 8.39. The van der Waals surface area contributed by atoms with E-state index in [1.165, 1.54) is 0 Å². The van der Waals surface area contributed by atoms with Crippen LogP contribution in [0.1, 0.15) is 36.3 Å². The van der Waals surface area contributed by atoms with Crippen LogP contribution in [0.4, 0.5) is 0 Å². The zero-order valence-electron chi connectivity index (χ0n) is 10.6. The van der Waals surface area contributed by atoms with Crippen LogP contribution in [-0.4, -0.2) is 33.9 Å². The number of nitrogens with two attached hydrogens (primary N) is 1. The molecule has 0 atom stereocenters. The van der Waals surface area contributed by atoms with Crippen molar-refractivity contribution >= 4 is 23.1 Å². The maximum absolute atomic E-state index is 12.2. The smallest absolute Gasteiger partial charge is 0.272 e. The van der Waals surface area contributed by atoms with Crippen molar-refractivity contribution in [2.45, 2.75) is 20.3 Å². The predicted molar refractivity (Wildman–Crippen MR) is 74.4 cm³/mol. The summed E-state index contributed by atoms with van der Waals surface area (Å²) in [6.07, 6.45) is 2.58. The van der Waals surface area contributed by atoms with Gasteiger partial charge in [-0.3, -0.25) is 9.78 Å². The van der Waals surface area contributed by atoms with Gasteiger partial charge in [0.15, 0.2) is 0 Å². The van der Waals surface area contributed by atoms with Crippen LogP contribution >= 0.6 is 12.2 Å². The van der Waals surface area contributed by atoms with Gasteiger partial charge in [0, 0.05) is 24.8 Å². The molecule has 1 aromatic heterocycles.